The van der Waals surface area contributed by atoms with Crippen molar-refractivity contribution in [3.05, 3.63) is 53.8 Å². The molecular formula is C20H24N2O. The van der Waals surface area contributed by atoms with Crippen molar-refractivity contribution in [2.45, 2.75) is 31.8 Å². The van der Waals surface area contributed by atoms with Gasteiger partial charge in [0.15, 0.2) is 0 Å². The maximum Gasteiger partial charge on any atom is 0.123 e. The molecule has 1 aliphatic heterocycles. The minimum Gasteiger partial charge on any atom is -0.496 e. The Morgan fingerprint density at radius 1 is 1.35 bits per heavy atom. The Bertz CT molecular complexity index is 680. The third-order valence-corrected chi connectivity index (χ3v) is 4.61. The molecule has 3 rings (SSSR count). The number of rotatable bonds is 7. The van der Waals surface area contributed by atoms with Crippen molar-refractivity contribution in [2.24, 2.45) is 5.92 Å². The SMILES string of the molecule is COc1ccccc1CNCCCC1=CNC2(C)C#CC=CC12. The van der Waals surface area contributed by atoms with Crippen molar-refractivity contribution < 1.29 is 4.74 Å². The molecule has 0 radical (unpaired) electrons. The fourth-order valence-corrected chi connectivity index (χ4v) is 3.28. The molecule has 0 bridgehead atoms. The third-order valence-electron chi connectivity index (χ3n) is 4.61. The van der Waals surface area contributed by atoms with Gasteiger partial charge in [0.2, 0.25) is 0 Å². The van der Waals surface area contributed by atoms with E-state index in [9.17, 15) is 0 Å². The van der Waals surface area contributed by atoms with Crippen molar-refractivity contribution in [2.75, 3.05) is 13.7 Å². The molecule has 3 heteroatoms. The van der Waals surface area contributed by atoms with Gasteiger partial charge in [0.05, 0.1) is 7.11 Å². The molecule has 2 aliphatic rings. The van der Waals surface area contributed by atoms with Crippen LogP contribution in [0.4, 0.5) is 0 Å². The van der Waals surface area contributed by atoms with Gasteiger partial charge in [0, 0.05) is 18.0 Å². The molecule has 2 N–H and O–H groups in total. The number of ether oxygens (including phenoxy) is 1. The predicted molar refractivity (Wildman–Crippen MR) is 94.0 cm³/mol. The minimum absolute atomic E-state index is 0.102. The Kier molecular flexibility index (Phi) is 4.73. The lowest BCUT2D eigenvalue weighted by Crippen LogP contribution is -2.40. The number of hydrogen-bond donors (Lipinski definition) is 2. The van der Waals surface area contributed by atoms with Crippen LogP contribution in [-0.4, -0.2) is 19.2 Å². The van der Waals surface area contributed by atoms with Gasteiger partial charge in [-0.2, -0.15) is 0 Å². The lowest BCUT2D eigenvalue weighted by atomic mass is 9.80. The molecule has 0 saturated heterocycles. The second kappa shape index (κ2) is 6.93. The van der Waals surface area contributed by atoms with Crippen molar-refractivity contribution >= 4 is 0 Å². The molecular weight excluding hydrogens is 284 g/mol. The molecule has 2 atom stereocenters. The van der Waals surface area contributed by atoms with Crippen LogP contribution in [-0.2, 0) is 6.54 Å². The molecule has 0 amide bonds. The average Bonchev–Trinajstić information content (AvgIpc) is 2.91. The van der Waals surface area contributed by atoms with E-state index < -0.39 is 0 Å². The second-order valence-electron chi connectivity index (χ2n) is 6.26. The van der Waals surface area contributed by atoms with Gasteiger partial charge in [-0.3, -0.25) is 0 Å². The van der Waals surface area contributed by atoms with Gasteiger partial charge in [-0.15, -0.1) is 0 Å². The largest absolute Gasteiger partial charge is 0.496 e. The van der Waals surface area contributed by atoms with E-state index in [0.29, 0.717) is 5.92 Å². The molecule has 1 heterocycles. The van der Waals surface area contributed by atoms with Crippen LogP contribution in [0.1, 0.15) is 25.3 Å². The molecule has 1 aromatic rings. The van der Waals surface area contributed by atoms with Crippen molar-refractivity contribution in [3.8, 4) is 17.6 Å². The van der Waals surface area contributed by atoms with Crippen LogP contribution in [0.15, 0.2) is 48.2 Å². The van der Waals surface area contributed by atoms with E-state index in [4.69, 9.17) is 4.74 Å². The molecule has 3 nitrogen and oxygen atoms in total. The number of benzene rings is 1. The lowest BCUT2D eigenvalue weighted by Gasteiger charge is -2.27. The van der Waals surface area contributed by atoms with E-state index >= 15 is 0 Å². The number of nitrogens with one attached hydrogen (secondary N) is 2. The zero-order chi connectivity index (χ0) is 16.1. The van der Waals surface area contributed by atoms with E-state index in [1.54, 1.807) is 7.11 Å². The van der Waals surface area contributed by atoms with Gasteiger partial charge in [-0.05, 0) is 50.2 Å². The van der Waals surface area contributed by atoms with Crippen LogP contribution in [0.25, 0.3) is 0 Å². The summed E-state index contributed by atoms with van der Waals surface area (Å²) in [7, 11) is 1.72. The average molecular weight is 308 g/mol. The van der Waals surface area contributed by atoms with Crippen LogP contribution in [0.5, 0.6) is 5.75 Å². The first kappa shape index (κ1) is 15.7. The van der Waals surface area contributed by atoms with Gasteiger partial charge in [-0.25, -0.2) is 0 Å². The fraction of sp³-hybridized carbons (Fsp3) is 0.400. The van der Waals surface area contributed by atoms with Gasteiger partial charge in [-0.1, -0.05) is 36.1 Å². The van der Waals surface area contributed by atoms with Crippen LogP contribution < -0.4 is 15.4 Å². The van der Waals surface area contributed by atoms with E-state index in [1.807, 2.05) is 24.3 Å². The fourth-order valence-electron chi connectivity index (χ4n) is 3.28. The summed E-state index contributed by atoms with van der Waals surface area (Å²) in [6.07, 6.45) is 8.59. The Balaban J connectivity index is 1.43. The first-order valence-electron chi connectivity index (χ1n) is 8.21. The van der Waals surface area contributed by atoms with Crippen molar-refractivity contribution in [1.29, 1.82) is 0 Å². The Morgan fingerprint density at radius 2 is 2.22 bits per heavy atom. The monoisotopic (exact) mass is 308 g/mol. The maximum atomic E-state index is 5.38. The molecule has 120 valence electrons. The van der Waals surface area contributed by atoms with Gasteiger partial charge >= 0.3 is 0 Å². The highest BCUT2D eigenvalue weighted by molar-refractivity contribution is 5.42. The first-order valence-corrected chi connectivity index (χ1v) is 8.21. The summed E-state index contributed by atoms with van der Waals surface area (Å²) in [4.78, 5) is 0. The number of fused-ring (bicyclic) bond motifs is 1. The number of methoxy groups -OCH3 is 1. The third kappa shape index (κ3) is 3.43. The molecule has 2 unspecified atom stereocenters. The zero-order valence-electron chi connectivity index (χ0n) is 13.9. The van der Waals surface area contributed by atoms with Crippen LogP contribution in [0.2, 0.25) is 0 Å². The van der Waals surface area contributed by atoms with Crippen molar-refractivity contribution in [3.63, 3.8) is 0 Å². The molecule has 0 saturated carbocycles. The molecule has 23 heavy (non-hydrogen) atoms. The number of hydrogen-bond acceptors (Lipinski definition) is 3. The smallest absolute Gasteiger partial charge is 0.123 e. The topological polar surface area (TPSA) is 33.3 Å². The normalized spacial score (nSPS) is 24.3. The Labute approximate surface area is 138 Å². The quantitative estimate of drug-likeness (QED) is 0.600. The van der Waals surface area contributed by atoms with Crippen LogP contribution >= 0.6 is 0 Å². The summed E-state index contributed by atoms with van der Waals surface area (Å²) in [5.74, 6) is 7.73. The van der Waals surface area contributed by atoms with Gasteiger partial charge < -0.3 is 15.4 Å². The van der Waals surface area contributed by atoms with Crippen LogP contribution in [0, 0.1) is 17.8 Å². The number of allylic oxidation sites excluding steroid dienone is 1. The summed E-state index contributed by atoms with van der Waals surface area (Å²) < 4.78 is 5.38. The molecule has 0 aromatic heterocycles. The highest BCUT2D eigenvalue weighted by atomic mass is 16.5. The van der Waals surface area contributed by atoms with Gasteiger partial charge in [0.1, 0.15) is 11.3 Å². The second-order valence-corrected chi connectivity index (χ2v) is 6.26. The zero-order valence-corrected chi connectivity index (χ0v) is 13.9. The number of para-hydroxylation sites is 1. The summed E-state index contributed by atoms with van der Waals surface area (Å²) in [6, 6.07) is 8.15. The Hall–Kier alpha value is -2.18. The molecule has 0 spiro atoms. The van der Waals surface area contributed by atoms with E-state index in [-0.39, 0.29) is 5.54 Å². The highest BCUT2D eigenvalue weighted by Gasteiger charge is 2.37. The summed E-state index contributed by atoms with van der Waals surface area (Å²) in [6.45, 7) is 4.01. The first-order chi connectivity index (χ1) is 11.2. The van der Waals surface area contributed by atoms with E-state index in [1.165, 1.54) is 11.1 Å². The van der Waals surface area contributed by atoms with E-state index in [0.717, 1.165) is 31.7 Å². The molecule has 1 aromatic carbocycles. The van der Waals surface area contributed by atoms with Gasteiger partial charge in [0.25, 0.3) is 0 Å². The van der Waals surface area contributed by atoms with Crippen molar-refractivity contribution in [1.82, 2.24) is 10.6 Å². The standard InChI is InChI=1S/C20H24N2O/c1-20-12-6-5-10-18(20)16(15-22-20)9-7-13-21-14-17-8-3-4-11-19(17)23-2/h3-5,8,10-11,15,18,21-22H,7,9,13-14H2,1-2H3. The minimum atomic E-state index is -0.102. The predicted octanol–water partition coefficient (Wildman–Crippen LogP) is 3.00. The van der Waals surface area contributed by atoms with Crippen LogP contribution in [0.3, 0.4) is 0 Å². The molecule has 1 aliphatic carbocycles. The summed E-state index contributed by atoms with van der Waals surface area (Å²) >= 11 is 0. The Morgan fingerprint density at radius 3 is 3.09 bits per heavy atom. The lowest BCUT2D eigenvalue weighted by molar-refractivity contribution is 0.407. The summed E-state index contributed by atoms with van der Waals surface area (Å²) in [5.41, 5.74) is 2.56. The van der Waals surface area contributed by atoms with E-state index in [2.05, 4.69) is 47.7 Å². The summed E-state index contributed by atoms with van der Waals surface area (Å²) in [5, 5.41) is 6.95. The highest BCUT2D eigenvalue weighted by Crippen LogP contribution is 2.34. The maximum absolute atomic E-state index is 5.38. The molecule has 0 fully saturated rings.